The molecular weight excluding hydrogens is 324 g/mol. The van der Waals surface area contributed by atoms with Gasteiger partial charge >= 0.3 is 0 Å². The van der Waals surface area contributed by atoms with Gasteiger partial charge in [-0.1, -0.05) is 0 Å². The largest absolute Gasteiger partial charge is 0.392 e. The molecule has 1 saturated heterocycles. The standard InChI is InChI=1S/C17H24N4O2S/c1-10(22)9-20-5-7-21(8-6-20)17(23)15-11(2)14-12(3)18-13(4)19-16(14)24-15/h10,22H,5-9H2,1-4H3. The van der Waals surface area contributed by atoms with Crippen molar-refractivity contribution in [1.82, 2.24) is 19.8 Å². The molecule has 0 saturated carbocycles. The number of carbonyl (C=O) groups is 1. The van der Waals surface area contributed by atoms with Crippen molar-refractivity contribution in [2.75, 3.05) is 32.7 Å². The predicted molar refractivity (Wildman–Crippen MR) is 95.7 cm³/mol. The van der Waals surface area contributed by atoms with E-state index < -0.39 is 0 Å². The molecule has 2 aromatic rings. The minimum absolute atomic E-state index is 0.0873. The van der Waals surface area contributed by atoms with E-state index in [1.165, 1.54) is 11.3 Å². The Kier molecular flexibility index (Phi) is 4.85. The van der Waals surface area contributed by atoms with E-state index in [1.807, 2.05) is 25.7 Å². The molecule has 1 unspecified atom stereocenters. The van der Waals surface area contributed by atoms with Crippen LogP contribution in [0.25, 0.3) is 10.2 Å². The van der Waals surface area contributed by atoms with E-state index in [1.54, 1.807) is 6.92 Å². The van der Waals surface area contributed by atoms with E-state index in [9.17, 15) is 9.90 Å². The Morgan fingerprint density at radius 2 is 1.88 bits per heavy atom. The summed E-state index contributed by atoms with van der Waals surface area (Å²) in [5.74, 6) is 0.830. The van der Waals surface area contributed by atoms with Crippen LogP contribution >= 0.6 is 11.3 Å². The van der Waals surface area contributed by atoms with Crippen LogP contribution in [0.5, 0.6) is 0 Å². The Balaban J connectivity index is 1.80. The third-order valence-electron chi connectivity index (χ3n) is 4.46. The van der Waals surface area contributed by atoms with Gasteiger partial charge in [0.15, 0.2) is 0 Å². The Morgan fingerprint density at radius 1 is 1.21 bits per heavy atom. The number of thiophene rings is 1. The normalized spacial score (nSPS) is 17.5. The molecule has 0 radical (unpaired) electrons. The van der Waals surface area contributed by atoms with Gasteiger partial charge in [-0.2, -0.15) is 0 Å². The Bertz CT molecular complexity index is 764. The summed E-state index contributed by atoms with van der Waals surface area (Å²) in [6, 6.07) is 0. The maximum atomic E-state index is 12.9. The SMILES string of the molecule is Cc1nc(C)c2c(C)c(C(=O)N3CCN(CC(C)O)CC3)sc2n1. The lowest BCUT2D eigenvalue weighted by atomic mass is 10.1. The van der Waals surface area contributed by atoms with E-state index in [2.05, 4.69) is 14.9 Å². The molecule has 0 bridgehead atoms. The lowest BCUT2D eigenvalue weighted by Gasteiger charge is -2.35. The highest BCUT2D eigenvalue weighted by Gasteiger charge is 2.26. The van der Waals surface area contributed by atoms with Gasteiger partial charge in [0, 0.05) is 43.8 Å². The van der Waals surface area contributed by atoms with Crippen LogP contribution in [0, 0.1) is 20.8 Å². The molecule has 7 heteroatoms. The number of nitrogens with zero attached hydrogens (tertiary/aromatic N) is 4. The summed E-state index contributed by atoms with van der Waals surface area (Å²) in [6.07, 6.45) is -0.332. The van der Waals surface area contributed by atoms with E-state index >= 15 is 0 Å². The number of aliphatic hydroxyl groups is 1. The van der Waals surface area contributed by atoms with Crippen molar-refractivity contribution in [3.8, 4) is 0 Å². The molecule has 1 atom stereocenters. The van der Waals surface area contributed by atoms with Crippen LogP contribution in [0.3, 0.4) is 0 Å². The van der Waals surface area contributed by atoms with Crippen molar-refractivity contribution >= 4 is 27.5 Å². The number of piperazine rings is 1. The monoisotopic (exact) mass is 348 g/mol. The molecule has 0 aliphatic carbocycles. The second-order valence-electron chi connectivity index (χ2n) is 6.53. The average molecular weight is 348 g/mol. The fraction of sp³-hybridized carbons (Fsp3) is 0.588. The zero-order chi connectivity index (χ0) is 17.4. The first-order valence-electron chi connectivity index (χ1n) is 8.31. The van der Waals surface area contributed by atoms with Crippen molar-refractivity contribution in [3.05, 3.63) is 22.0 Å². The summed E-state index contributed by atoms with van der Waals surface area (Å²) in [7, 11) is 0. The minimum Gasteiger partial charge on any atom is -0.392 e. The van der Waals surface area contributed by atoms with E-state index in [0.29, 0.717) is 19.6 Å². The second kappa shape index (κ2) is 6.74. The molecular formula is C17H24N4O2S. The minimum atomic E-state index is -0.332. The Hall–Kier alpha value is -1.57. The number of β-amino-alcohol motifs (C(OH)–C–C–N with tert-alkyl or cyclic N) is 1. The van der Waals surface area contributed by atoms with Crippen LogP contribution in [-0.4, -0.2) is 69.6 Å². The van der Waals surface area contributed by atoms with Crippen molar-refractivity contribution < 1.29 is 9.90 Å². The Labute approximate surface area is 146 Å². The van der Waals surface area contributed by atoms with Crippen LogP contribution in [0.2, 0.25) is 0 Å². The molecule has 3 rings (SSSR count). The second-order valence-corrected chi connectivity index (χ2v) is 7.53. The maximum absolute atomic E-state index is 12.9. The van der Waals surface area contributed by atoms with Crippen molar-refractivity contribution in [3.63, 3.8) is 0 Å². The molecule has 1 aliphatic rings. The van der Waals surface area contributed by atoms with Crippen LogP contribution in [0.1, 0.15) is 33.7 Å². The van der Waals surface area contributed by atoms with Crippen LogP contribution in [-0.2, 0) is 0 Å². The van der Waals surface area contributed by atoms with Gasteiger partial charge in [-0.05, 0) is 33.3 Å². The van der Waals surface area contributed by atoms with Crippen molar-refractivity contribution in [2.45, 2.75) is 33.8 Å². The zero-order valence-corrected chi connectivity index (χ0v) is 15.5. The van der Waals surface area contributed by atoms with Gasteiger partial charge in [0.05, 0.1) is 11.0 Å². The summed E-state index contributed by atoms with van der Waals surface area (Å²) >= 11 is 1.47. The first kappa shape index (κ1) is 17.3. The van der Waals surface area contributed by atoms with Gasteiger partial charge in [0.25, 0.3) is 5.91 Å². The molecule has 3 heterocycles. The molecule has 1 N–H and O–H groups in total. The van der Waals surface area contributed by atoms with Gasteiger partial charge in [0.1, 0.15) is 10.7 Å². The first-order chi connectivity index (χ1) is 11.4. The first-order valence-corrected chi connectivity index (χ1v) is 9.12. The number of carbonyl (C=O) groups excluding carboxylic acids is 1. The van der Waals surface area contributed by atoms with Crippen molar-refractivity contribution in [1.29, 1.82) is 0 Å². The zero-order valence-electron chi connectivity index (χ0n) is 14.7. The van der Waals surface area contributed by atoms with Gasteiger partial charge in [-0.25, -0.2) is 9.97 Å². The van der Waals surface area contributed by atoms with Crippen LogP contribution < -0.4 is 0 Å². The number of fused-ring (bicyclic) bond motifs is 1. The van der Waals surface area contributed by atoms with E-state index in [-0.39, 0.29) is 12.0 Å². The van der Waals surface area contributed by atoms with Gasteiger partial charge in [0.2, 0.25) is 0 Å². The maximum Gasteiger partial charge on any atom is 0.264 e. The number of aliphatic hydroxyl groups excluding tert-OH is 1. The van der Waals surface area contributed by atoms with Gasteiger partial charge < -0.3 is 10.0 Å². The fourth-order valence-electron chi connectivity index (χ4n) is 3.33. The highest BCUT2D eigenvalue weighted by Crippen LogP contribution is 2.32. The lowest BCUT2D eigenvalue weighted by molar-refractivity contribution is 0.0557. The molecule has 2 aromatic heterocycles. The third kappa shape index (κ3) is 3.29. The lowest BCUT2D eigenvalue weighted by Crippen LogP contribution is -2.50. The summed E-state index contributed by atoms with van der Waals surface area (Å²) < 4.78 is 0. The number of hydrogen-bond donors (Lipinski definition) is 1. The fourth-order valence-corrected chi connectivity index (χ4v) is 4.57. The third-order valence-corrected chi connectivity index (χ3v) is 5.63. The van der Waals surface area contributed by atoms with Crippen LogP contribution in [0.4, 0.5) is 0 Å². The number of rotatable bonds is 3. The predicted octanol–water partition coefficient (Wildman–Crippen LogP) is 1.76. The summed E-state index contributed by atoms with van der Waals surface area (Å²) in [5, 5.41) is 10.5. The summed E-state index contributed by atoms with van der Waals surface area (Å²) in [6.45, 7) is 11.3. The average Bonchev–Trinajstić information content (AvgIpc) is 2.83. The Morgan fingerprint density at radius 3 is 2.50 bits per heavy atom. The number of aryl methyl sites for hydroxylation is 3. The number of hydrogen-bond acceptors (Lipinski definition) is 6. The topological polar surface area (TPSA) is 69.6 Å². The summed E-state index contributed by atoms with van der Waals surface area (Å²) in [5.41, 5.74) is 1.93. The number of amides is 1. The van der Waals surface area contributed by atoms with Gasteiger partial charge in [-0.15, -0.1) is 11.3 Å². The molecule has 1 fully saturated rings. The van der Waals surface area contributed by atoms with Crippen LogP contribution in [0.15, 0.2) is 0 Å². The molecule has 0 spiro atoms. The molecule has 0 aromatic carbocycles. The van der Waals surface area contributed by atoms with Crippen molar-refractivity contribution in [2.24, 2.45) is 0 Å². The quantitative estimate of drug-likeness (QED) is 0.915. The molecule has 6 nitrogen and oxygen atoms in total. The smallest absolute Gasteiger partial charge is 0.264 e. The molecule has 1 amide bonds. The molecule has 130 valence electrons. The summed E-state index contributed by atoms with van der Waals surface area (Å²) in [4.78, 5) is 27.6. The van der Waals surface area contributed by atoms with E-state index in [4.69, 9.17) is 0 Å². The highest BCUT2D eigenvalue weighted by atomic mass is 32.1. The van der Waals surface area contributed by atoms with E-state index in [0.717, 1.165) is 45.3 Å². The number of aromatic nitrogens is 2. The molecule has 24 heavy (non-hydrogen) atoms. The van der Waals surface area contributed by atoms with Gasteiger partial charge in [-0.3, -0.25) is 9.69 Å². The molecule has 1 aliphatic heterocycles. The highest BCUT2D eigenvalue weighted by molar-refractivity contribution is 7.20.